The molecule has 0 atom stereocenters. The van der Waals surface area contributed by atoms with Gasteiger partial charge in [0, 0.05) is 11.3 Å². The summed E-state index contributed by atoms with van der Waals surface area (Å²) in [6.07, 6.45) is 4.41. The number of nitrogens with zero attached hydrogens (tertiary/aromatic N) is 2. The van der Waals surface area contributed by atoms with Crippen molar-refractivity contribution in [3.05, 3.63) is 10.6 Å². The third kappa shape index (κ3) is 2.79. The number of aromatic nitrogens is 2. The van der Waals surface area contributed by atoms with Crippen molar-refractivity contribution < 1.29 is 4.79 Å². The molecule has 1 aliphatic carbocycles. The zero-order valence-corrected chi connectivity index (χ0v) is 12.5. The molecule has 4 heteroatoms. The number of rotatable bonds is 2. The lowest BCUT2D eigenvalue weighted by molar-refractivity contribution is 0.0877. The second-order valence-electron chi connectivity index (χ2n) is 6.52. The van der Waals surface area contributed by atoms with Crippen LogP contribution in [-0.2, 0) is 5.41 Å². The molecule has 0 N–H and O–H groups in total. The average Bonchev–Trinajstić information content (AvgIpc) is 2.77. The van der Waals surface area contributed by atoms with Gasteiger partial charge in [0.15, 0.2) is 5.78 Å². The molecule has 0 amide bonds. The monoisotopic (exact) mass is 266 g/mol. The highest BCUT2D eigenvalue weighted by atomic mass is 32.1. The van der Waals surface area contributed by atoms with Crippen molar-refractivity contribution in [2.24, 2.45) is 11.8 Å². The minimum Gasteiger partial charge on any atom is -0.293 e. The molecule has 1 fully saturated rings. The number of carbonyl (C=O) groups excluding carboxylic acids is 1. The van der Waals surface area contributed by atoms with E-state index in [1.807, 2.05) is 0 Å². The van der Waals surface area contributed by atoms with Gasteiger partial charge in [-0.25, -0.2) is 0 Å². The molecule has 1 heterocycles. The summed E-state index contributed by atoms with van der Waals surface area (Å²) in [5.74, 6) is 1.25. The molecule has 0 radical (unpaired) electrons. The van der Waals surface area contributed by atoms with Crippen molar-refractivity contribution in [1.29, 1.82) is 0 Å². The van der Waals surface area contributed by atoms with Gasteiger partial charge in [0.1, 0.15) is 4.88 Å². The Kier molecular flexibility index (Phi) is 3.85. The normalized spacial score (nSPS) is 25.1. The second kappa shape index (κ2) is 5.08. The summed E-state index contributed by atoms with van der Waals surface area (Å²) in [4.78, 5) is 13.4. The Hall–Kier alpha value is -0.770. The Morgan fingerprint density at radius 1 is 1.22 bits per heavy atom. The summed E-state index contributed by atoms with van der Waals surface area (Å²) in [7, 11) is 0. The van der Waals surface area contributed by atoms with Crippen molar-refractivity contribution in [2.75, 3.05) is 0 Å². The van der Waals surface area contributed by atoms with Gasteiger partial charge in [0.05, 0.1) is 5.69 Å². The quantitative estimate of drug-likeness (QED) is 0.764. The van der Waals surface area contributed by atoms with Crippen LogP contribution in [0.4, 0.5) is 0 Å². The molecule has 0 unspecified atom stereocenters. The van der Waals surface area contributed by atoms with E-state index < -0.39 is 0 Å². The minimum atomic E-state index is -0.0973. The molecular formula is C14H22N2OS. The minimum absolute atomic E-state index is 0.0973. The summed E-state index contributed by atoms with van der Waals surface area (Å²) in [5.41, 5.74) is 0.774. The molecule has 0 saturated heterocycles. The third-order valence-electron chi connectivity index (χ3n) is 3.81. The van der Waals surface area contributed by atoms with Gasteiger partial charge in [-0.1, -0.05) is 45.0 Å². The Bertz CT molecular complexity index is 425. The molecule has 2 rings (SSSR count). The summed E-state index contributed by atoms with van der Waals surface area (Å²) >= 11 is 1.27. The van der Waals surface area contributed by atoms with E-state index >= 15 is 0 Å². The van der Waals surface area contributed by atoms with Crippen LogP contribution in [0.5, 0.6) is 0 Å². The highest BCUT2D eigenvalue weighted by molar-refractivity contribution is 7.08. The van der Waals surface area contributed by atoms with E-state index in [0.717, 1.165) is 29.3 Å². The molecule has 1 saturated carbocycles. The van der Waals surface area contributed by atoms with Crippen LogP contribution in [0.15, 0.2) is 0 Å². The topological polar surface area (TPSA) is 42.9 Å². The zero-order valence-electron chi connectivity index (χ0n) is 11.7. The molecule has 1 aromatic heterocycles. The van der Waals surface area contributed by atoms with Crippen LogP contribution in [0.1, 0.15) is 68.7 Å². The molecule has 0 bridgehead atoms. The number of Topliss-reactive ketones (excluding diaryl/α,β-unsaturated/α-hetero) is 1. The predicted molar refractivity (Wildman–Crippen MR) is 74.1 cm³/mol. The SMILES string of the molecule is CC1CCC(C(=O)c2snnc2C(C)(C)C)CC1. The van der Waals surface area contributed by atoms with Crippen molar-refractivity contribution in [3.63, 3.8) is 0 Å². The van der Waals surface area contributed by atoms with Crippen molar-refractivity contribution in [3.8, 4) is 0 Å². The fourth-order valence-corrected chi connectivity index (χ4v) is 3.44. The Morgan fingerprint density at radius 2 is 1.83 bits per heavy atom. The van der Waals surface area contributed by atoms with E-state index in [1.165, 1.54) is 24.4 Å². The van der Waals surface area contributed by atoms with Gasteiger partial charge in [-0.15, -0.1) is 5.10 Å². The summed E-state index contributed by atoms with van der Waals surface area (Å²) in [6.45, 7) is 8.53. The first-order valence-electron chi connectivity index (χ1n) is 6.76. The molecule has 18 heavy (non-hydrogen) atoms. The number of carbonyl (C=O) groups is 1. The lowest BCUT2D eigenvalue weighted by atomic mass is 9.79. The predicted octanol–water partition coefficient (Wildman–Crippen LogP) is 3.84. The number of hydrogen-bond acceptors (Lipinski definition) is 4. The van der Waals surface area contributed by atoms with E-state index in [9.17, 15) is 4.79 Å². The highest BCUT2D eigenvalue weighted by Gasteiger charge is 2.31. The molecule has 0 aliphatic heterocycles. The summed E-state index contributed by atoms with van der Waals surface area (Å²) in [6, 6.07) is 0. The van der Waals surface area contributed by atoms with Crippen LogP contribution in [0.2, 0.25) is 0 Å². The van der Waals surface area contributed by atoms with E-state index in [-0.39, 0.29) is 17.1 Å². The second-order valence-corrected chi connectivity index (χ2v) is 7.28. The van der Waals surface area contributed by atoms with Gasteiger partial charge in [-0.05, 0) is 30.3 Å². The van der Waals surface area contributed by atoms with Gasteiger partial charge in [-0.2, -0.15) is 0 Å². The first-order chi connectivity index (χ1) is 8.39. The van der Waals surface area contributed by atoms with Crippen molar-refractivity contribution in [1.82, 2.24) is 9.59 Å². The Labute approximate surface area is 113 Å². The van der Waals surface area contributed by atoms with Crippen molar-refractivity contribution >= 4 is 17.3 Å². The van der Waals surface area contributed by atoms with E-state index in [4.69, 9.17) is 0 Å². The molecule has 0 spiro atoms. The fourth-order valence-electron chi connectivity index (χ4n) is 2.55. The van der Waals surface area contributed by atoms with Crippen LogP contribution in [0, 0.1) is 11.8 Å². The molecular weight excluding hydrogens is 244 g/mol. The Balaban J connectivity index is 2.17. The molecule has 3 nitrogen and oxygen atoms in total. The van der Waals surface area contributed by atoms with Crippen LogP contribution >= 0.6 is 11.5 Å². The molecule has 1 aromatic rings. The standard InChI is InChI=1S/C14H22N2OS/c1-9-5-7-10(8-6-9)11(17)12-13(14(2,3)4)15-16-18-12/h9-10H,5-8H2,1-4H3. The highest BCUT2D eigenvalue weighted by Crippen LogP contribution is 2.34. The zero-order chi connectivity index (χ0) is 13.3. The van der Waals surface area contributed by atoms with Gasteiger partial charge in [0.25, 0.3) is 0 Å². The van der Waals surface area contributed by atoms with Crippen LogP contribution in [0.3, 0.4) is 0 Å². The van der Waals surface area contributed by atoms with Crippen LogP contribution in [-0.4, -0.2) is 15.4 Å². The fraction of sp³-hybridized carbons (Fsp3) is 0.786. The van der Waals surface area contributed by atoms with Crippen LogP contribution in [0.25, 0.3) is 0 Å². The smallest absolute Gasteiger partial charge is 0.179 e. The van der Waals surface area contributed by atoms with Gasteiger partial charge in [-0.3, -0.25) is 4.79 Å². The summed E-state index contributed by atoms with van der Waals surface area (Å²) < 4.78 is 3.99. The maximum atomic E-state index is 12.6. The van der Waals surface area contributed by atoms with E-state index in [0.29, 0.717) is 0 Å². The molecule has 0 aromatic carbocycles. The van der Waals surface area contributed by atoms with Gasteiger partial charge < -0.3 is 0 Å². The average molecular weight is 266 g/mol. The Morgan fingerprint density at radius 3 is 2.39 bits per heavy atom. The van der Waals surface area contributed by atoms with E-state index in [2.05, 4.69) is 37.3 Å². The van der Waals surface area contributed by atoms with Gasteiger partial charge in [0.2, 0.25) is 0 Å². The first kappa shape index (κ1) is 13.7. The van der Waals surface area contributed by atoms with Gasteiger partial charge >= 0.3 is 0 Å². The van der Waals surface area contributed by atoms with E-state index in [1.54, 1.807) is 0 Å². The number of ketones is 1. The van der Waals surface area contributed by atoms with Crippen molar-refractivity contribution in [2.45, 2.75) is 58.8 Å². The molecule has 100 valence electrons. The lowest BCUT2D eigenvalue weighted by Crippen LogP contribution is -2.23. The lowest BCUT2D eigenvalue weighted by Gasteiger charge is -2.25. The largest absolute Gasteiger partial charge is 0.293 e. The maximum absolute atomic E-state index is 12.6. The maximum Gasteiger partial charge on any atom is 0.179 e. The third-order valence-corrected chi connectivity index (χ3v) is 4.55. The molecule has 1 aliphatic rings. The van der Waals surface area contributed by atoms with Crippen LogP contribution < -0.4 is 0 Å². The summed E-state index contributed by atoms with van der Waals surface area (Å²) in [5, 5.41) is 4.17. The number of hydrogen-bond donors (Lipinski definition) is 0. The first-order valence-corrected chi connectivity index (χ1v) is 7.54.